The van der Waals surface area contributed by atoms with E-state index in [1.165, 1.54) is 6.07 Å². The minimum atomic E-state index is -0.922. The van der Waals surface area contributed by atoms with E-state index < -0.39 is 11.6 Å². The van der Waals surface area contributed by atoms with Gasteiger partial charge in [-0.1, -0.05) is 22.0 Å². The van der Waals surface area contributed by atoms with Gasteiger partial charge in [-0.05, 0) is 36.8 Å². The third-order valence-electron chi connectivity index (χ3n) is 2.98. The zero-order chi connectivity index (χ0) is 13.6. The highest BCUT2D eigenvalue weighted by atomic mass is 79.9. The number of benzene rings is 2. The first kappa shape index (κ1) is 12.3. The van der Waals surface area contributed by atoms with Crippen LogP contribution < -0.4 is 0 Å². The molecule has 1 N–H and O–H groups in total. The number of hydrogen-bond acceptors (Lipinski definition) is 1. The first-order valence-electron chi connectivity index (χ1n) is 5.66. The van der Waals surface area contributed by atoms with Crippen molar-refractivity contribution in [1.82, 2.24) is 9.97 Å². The number of hydrogen-bond donors (Lipinski definition) is 1. The number of halogens is 3. The molecule has 5 heteroatoms. The lowest BCUT2D eigenvalue weighted by Crippen LogP contribution is -1.85. The number of imidazole rings is 1. The molecule has 0 radical (unpaired) electrons. The molecule has 0 aliphatic heterocycles. The van der Waals surface area contributed by atoms with Crippen molar-refractivity contribution in [1.29, 1.82) is 0 Å². The number of aryl methyl sites for hydroxylation is 1. The second-order valence-corrected chi connectivity index (χ2v) is 5.16. The fraction of sp³-hybridized carbons (Fsp3) is 0.0714. The van der Waals surface area contributed by atoms with Gasteiger partial charge in [-0.25, -0.2) is 13.8 Å². The maximum atomic E-state index is 13.6. The molecule has 0 bridgehead atoms. The van der Waals surface area contributed by atoms with Crippen LogP contribution in [0.2, 0.25) is 0 Å². The third kappa shape index (κ3) is 2.04. The molecule has 2 nitrogen and oxygen atoms in total. The summed E-state index contributed by atoms with van der Waals surface area (Å²) in [6, 6.07) is 8.26. The van der Waals surface area contributed by atoms with Crippen LogP contribution in [0.25, 0.3) is 22.4 Å². The summed E-state index contributed by atoms with van der Waals surface area (Å²) in [5.74, 6) is -1.29. The molecule has 96 valence electrons. The maximum Gasteiger partial charge on any atom is 0.186 e. The molecular formula is C14H9BrF2N2. The average molecular weight is 323 g/mol. The first-order chi connectivity index (χ1) is 9.06. The molecule has 3 aromatic rings. The number of fused-ring (bicyclic) bond motifs is 1. The van der Waals surface area contributed by atoms with Gasteiger partial charge in [0.15, 0.2) is 11.6 Å². The third-order valence-corrected chi connectivity index (χ3v) is 3.87. The Balaban J connectivity index is 2.20. The van der Waals surface area contributed by atoms with E-state index in [-0.39, 0.29) is 5.52 Å². The van der Waals surface area contributed by atoms with Gasteiger partial charge in [0.25, 0.3) is 0 Å². The Kier molecular flexibility index (Phi) is 2.86. The van der Waals surface area contributed by atoms with Gasteiger partial charge in [0, 0.05) is 10.0 Å². The maximum absolute atomic E-state index is 13.6. The van der Waals surface area contributed by atoms with E-state index in [1.807, 2.05) is 25.1 Å². The molecular weight excluding hydrogens is 314 g/mol. The Morgan fingerprint density at radius 3 is 2.68 bits per heavy atom. The van der Waals surface area contributed by atoms with Crippen molar-refractivity contribution in [2.24, 2.45) is 0 Å². The van der Waals surface area contributed by atoms with Crippen molar-refractivity contribution in [3.05, 3.63) is 52.0 Å². The Labute approximate surface area is 116 Å². The number of aromatic nitrogens is 2. The molecule has 3 rings (SSSR count). The van der Waals surface area contributed by atoms with E-state index in [2.05, 4.69) is 25.9 Å². The molecule has 0 unspecified atom stereocenters. The quantitative estimate of drug-likeness (QED) is 0.698. The molecule has 0 aliphatic rings. The van der Waals surface area contributed by atoms with Crippen LogP contribution in [0.5, 0.6) is 0 Å². The zero-order valence-electron chi connectivity index (χ0n) is 9.97. The van der Waals surface area contributed by atoms with E-state index in [0.717, 1.165) is 21.7 Å². The van der Waals surface area contributed by atoms with E-state index in [0.29, 0.717) is 11.3 Å². The summed E-state index contributed by atoms with van der Waals surface area (Å²) in [7, 11) is 0. The van der Waals surface area contributed by atoms with Crippen LogP contribution in [0.1, 0.15) is 5.56 Å². The fourth-order valence-electron chi connectivity index (χ4n) is 1.95. The second kappa shape index (κ2) is 4.42. The Bertz CT molecular complexity index is 780. The van der Waals surface area contributed by atoms with Crippen LogP contribution in [0.4, 0.5) is 8.78 Å². The number of H-pyrrole nitrogens is 1. The van der Waals surface area contributed by atoms with Gasteiger partial charge in [0.1, 0.15) is 11.3 Å². The van der Waals surface area contributed by atoms with Crippen molar-refractivity contribution < 1.29 is 8.78 Å². The van der Waals surface area contributed by atoms with Crippen molar-refractivity contribution in [2.75, 3.05) is 0 Å². The van der Waals surface area contributed by atoms with Crippen LogP contribution in [0, 0.1) is 18.6 Å². The van der Waals surface area contributed by atoms with Gasteiger partial charge in [-0.3, -0.25) is 0 Å². The number of rotatable bonds is 1. The van der Waals surface area contributed by atoms with Crippen molar-refractivity contribution in [2.45, 2.75) is 6.92 Å². The van der Waals surface area contributed by atoms with Gasteiger partial charge in [0.2, 0.25) is 0 Å². The molecule has 0 atom stereocenters. The molecule has 19 heavy (non-hydrogen) atoms. The van der Waals surface area contributed by atoms with Crippen molar-refractivity contribution in [3.8, 4) is 11.4 Å². The summed E-state index contributed by atoms with van der Waals surface area (Å²) in [4.78, 5) is 7.12. The van der Waals surface area contributed by atoms with E-state index in [4.69, 9.17) is 0 Å². The minimum Gasteiger partial charge on any atom is -0.338 e. The molecule has 0 fully saturated rings. The van der Waals surface area contributed by atoms with E-state index >= 15 is 0 Å². The van der Waals surface area contributed by atoms with Crippen molar-refractivity contribution >= 4 is 27.0 Å². The normalized spacial score (nSPS) is 11.2. The highest BCUT2D eigenvalue weighted by Crippen LogP contribution is 2.26. The number of nitrogens with zero attached hydrogens (tertiary/aromatic N) is 1. The predicted octanol–water partition coefficient (Wildman–Crippen LogP) is 4.58. The summed E-state index contributed by atoms with van der Waals surface area (Å²) >= 11 is 3.42. The summed E-state index contributed by atoms with van der Waals surface area (Å²) < 4.78 is 27.7. The van der Waals surface area contributed by atoms with Gasteiger partial charge >= 0.3 is 0 Å². The van der Waals surface area contributed by atoms with Gasteiger partial charge < -0.3 is 4.98 Å². The molecule has 0 aliphatic carbocycles. The lowest BCUT2D eigenvalue weighted by molar-refractivity contribution is 0.515. The van der Waals surface area contributed by atoms with E-state index in [1.54, 1.807) is 0 Å². The topological polar surface area (TPSA) is 28.7 Å². The predicted molar refractivity (Wildman–Crippen MR) is 73.9 cm³/mol. The van der Waals surface area contributed by atoms with Crippen molar-refractivity contribution in [3.63, 3.8) is 0 Å². The lowest BCUT2D eigenvalue weighted by Gasteiger charge is -2.00. The summed E-state index contributed by atoms with van der Waals surface area (Å²) in [5.41, 5.74) is 2.38. The fourth-order valence-corrected chi connectivity index (χ4v) is 2.19. The summed E-state index contributed by atoms with van der Waals surface area (Å²) in [6.07, 6.45) is 0. The number of aromatic amines is 1. The largest absolute Gasteiger partial charge is 0.338 e. The first-order valence-corrected chi connectivity index (χ1v) is 6.46. The van der Waals surface area contributed by atoms with Crippen LogP contribution in [0.15, 0.2) is 34.8 Å². The Hall–Kier alpha value is -1.75. The Morgan fingerprint density at radius 1 is 1.16 bits per heavy atom. The minimum absolute atomic E-state index is 0.0237. The zero-order valence-corrected chi connectivity index (χ0v) is 11.6. The average Bonchev–Trinajstić information content (AvgIpc) is 2.82. The molecule has 1 aromatic heterocycles. The summed E-state index contributed by atoms with van der Waals surface area (Å²) in [5, 5.41) is 0. The molecule has 0 saturated carbocycles. The van der Waals surface area contributed by atoms with Crippen LogP contribution in [-0.4, -0.2) is 9.97 Å². The van der Waals surface area contributed by atoms with Crippen LogP contribution in [-0.2, 0) is 0 Å². The molecule has 2 aromatic carbocycles. The molecule has 1 heterocycles. The summed E-state index contributed by atoms with van der Waals surface area (Å²) in [6.45, 7) is 1.95. The molecule has 0 spiro atoms. The smallest absolute Gasteiger partial charge is 0.186 e. The monoisotopic (exact) mass is 322 g/mol. The highest BCUT2D eigenvalue weighted by Gasteiger charge is 2.13. The van der Waals surface area contributed by atoms with Gasteiger partial charge in [-0.2, -0.15) is 0 Å². The molecule has 0 amide bonds. The second-order valence-electron chi connectivity index (χ2n) is 4.31. The SMILES string of the molecule is Cc1cc(-c2nc3c(F)c(F)ccc3[nH]2)ccc1Br. The van der Waals surface area contributed by atoms with Gasteiger partial charge in [-0.15, -0.1) is 0 Å². The lowest BCUT2D eigenvalue weighted by atomic mass is 10.1. The van der Waals surface area contributed by atoms with Crippen LogP contribution in [0.3, 0.4) is 0 Å². The van der Waals surface area contributed by atoms with E-state index in [9.17, 15) is 8.78 Å². The highest BCUT2D eigenvalue weighted by molar-refractivity contribution is 9.10. The van der Waals surface area contributed by atoms with Crippen LogP contribution >= 0.6 is 15.9 Å². The van der Waals surface area contributed by atoms with Gasteiger partial charge in [0.05, 0.1) is 5.52 Å². The Morgan fingerprint density at radius 2 is 1.95 bits per heavy atom. The molecule has 0 saturated heterocycles. The number of nitrogens with one attached hydrogen (secondary N) is 1. The standard InChI is InChI=1S/C14H9BrF2N2/c1-7-6-8(2-3-9(7)15)14-18-11-5-4-10(16)12(17)13(11)19-14/h2-6H,1H3,(H,18,19).